The van der Waals surface area contributed by atoms with E-state index in [0.717, 1.165) is 13.2 Å². The molecule has 0 aromatic heterocycles. The molecule has 3 rings (SSSR count). The van der Waals surface area contributed by atoms with Crippen molar-refractivity contribution >= 4 is 17.7 Å². The third-order valence-corrected chi connectivity index (χ3v) is 5.25. The molecule has 0 amide bonds. The fourth-order valence-electron chi connectivity index (χ4n) is 3.43. The van der Waals surface area contributed by atoms with E-state index in [0.29, 0.717) is 11.3 Å². The van der Waals surface area contributed by atoms with Crippen molar-refractivity contribution in [3.8, 4) is 5.75 Å². The van der Waals surface area contributed by atoms with Gasteiger partial charge in [0.2, 0.25) is 0 Å². The summed E-state index contributed by atoms with van der Waals surface area (Å²) in [6, 6.07) is 13.6. The summed E-state index contributed by atoms with van der Waals surface area (Å²) in [5.41, 5.74) is -6.27. The number of carbonyl (C=O) groups is 1. The van der Waals surface area contributed by atoms with Gasteiger partial charge in [-0.1, -0.05) is 48.5 Å². The SMILES string of the molecule is COC(=O)C(/C=C/c1ccccc1)(Nc1c(F)c(F)c(C(F)(F)F)c(F)c1F)c1ccc(OC)cc1. The number of carbonyl (C=O) groups excluding carboxylic acids is 1. The van der Waals surface area contributed by atoms with E-state index < -0.39 is 52.2 Å². The van der Waals surface area contributed by atoms with Gasteiger partial charge in [-0.15, -0.1) is 0 Å². The van der Waals surface area contributed by atoms with E-state index in [4.69, 9.17) is 9.47 Å². The van der Waals surface area contributed by atoms with Gasteiger partial charge in [0, 0.05) is 0 Å². The van der Waals surface area contributed by atoms with Crippen LogP contribution < -0.4 is 10.1 Å². The average Bonchev–Trinajstić information content (AvgIpc) is 2.87. The first-order valence-electron chi connectivity index (χ1n) is 10.1. The molecule has 0 saturated heterocycles. The first kappa shape index (κ1) is 26.6. The van der Waals surface area contributed by atoms with Crippen LogP contribution in [-0.4, -0.2) is 20.2 Å². The van der Waals surface area contributed by atoms with Crippen LogP contribution in [0.2, 0.25) is 0 Å². The molecule has 0 bridgehead atoms. The highest BCUT2D eigenvalue weighted by Gasteiger charge is 2.45. The third-order valence-electron chi connectivity index (χ3n) is 5.25. The summed E-state index contributed by atoms with van der Waals surface area (Å²) in [6.07, 6.45) is -3.28. The standard InChI is InChI=1S/C25H18F7NO3/c1-35-16-10-8-15(9-11-16)24(23(34)36-2,13-12-14-6-4-3-5-7-14)33-22-20(28)18(26)17(25(30,31)32)19(27)21(22)29/h3-13,33H,1-2H3/b13-12+. The lowest BCUT2D eigenvalue weighted by molar-refractivity contribution is -0.145. The number of hydrogen-bond donors (Lipinski definition) is 1. The molecule has 0 fully saturated rings. The predicted octanol–water partition coefficient (Wildman–Crippen LogP) is 6.46. The van der Waals surface area contributed by atoms with E-state index in [1.807, 2.05) is 0 Å². The number of hydrogen-bond acceptors (Lipinski definition) is 4. The van der Waals surface area contributed by atoms with Gasteiger partial charge < -0.3 is 14.8 Å². The van der Waals surface area contributed by atoms with Crippen molar-refractivity contribution in [3.63, 3.8) is 0 Å². The summed E-state index contributed by atoms with van der Waals surface area (Å²) < 4.78 is 107. The summed E-state index contributed by atoms with van der Waals surface area (Å²) in [7, 11) is 2.30. The van der Waals surface area contributed by atoms with Crippen LogP contribution in [0.4, 0.5) is 36.4 Å². The molecule has 1 N–H and O–H groups in total. The normalized spacial score (nSPS) is 13.4. The summed E-state index contributed by atoms with van der Waals surface area (Å²) in [4.78, 5) is 13.1. The number of anilines is 1. The summed E-state index contributed by atoms with van der Waals surface area (Å²) in [6.45, 7) is 0. The molecule has 0 aliphatic heterocycles. The summed E-state index contributed by atoms with van der Waals surface area (Å²) >= 11 is 0. The summed E-state index contributed by atoms with van der Waals surface area (Å²) in [5, 5.41) is 2.06. The highest BCUT2D eigenvalue weighted by atomic mass is 19.4. The molecule has 1 unspecified atom stereocenters. The zero-order valence-corrected chi connectivity index (χ0v) is 18.7. The number of rotatable bonds is 7. The van der Waals surface area contributed by atoms with Crippen molar-refractivity contribution in [2.45, 2.75) is 11.7 Å². The van der Waals surface area contributed by atoms with Crippen LogP contribution >= 0.6 is 0 Å². The minimum atomic E-state index is -5.73. The molecule has 4 nitrogen and oxygen atoms in total. The molecule has 0 aliphatic rings. The Bertz CT molecular complexity index is 1250. The number of methoxy groups -OCH3 is 2. The molecular weight excluding hydrogens is 495 g/mol. The highest BCUT2D eigenvalue weighted by Crippen LogP contribution is 2.41. The van der Waals surface area contributed by atoms with Crippen LogP contribution in [-0.2, 0) is 21.2 Å². The zero-order chi connectivity index (χ0) is 26.7. The Hall–Kier alpha value is -4.02. The molecule has 0 spiro atoms. The minimum absolute atomic E-state index is 0.0400. The quantitative estimate of drug-likeness (QED) is 0.224. The van der Waals surface area contributed by atoms with E-state index in [2.05, 4.69) is 5.32 Å². The average molecular weight is 513 g/mol. The van der Waals surface area contributed by atoms with Gasteiger partial charge in [0.1, 0.15) is 17.0 Å². The van der Waals surface area contributed by atoms with Gasteiger partial charge in [0.05, 0.1) is 14.2 Å². The lowest BCUT2D eigenvalue weighted by atomic mass is 9.87. The largest absolute Gasteiger partial charge is 0.497 e. The molecule has 0 saturated carbocycles. The van der Waals surface area contributed by atoms with Crippen molar-refractivity contribution in [2.75, 3.05) is 19.5 Å². The van der Waals surface area contributed by atoms with Crippen molar-refractivity contribution in [2.24, 2.45) is 0 Å². The van der Waals surface area contributed by atoms with Gasteiger partial charge in [-0.2, -0.15) is 13.2 Å². The van der Waals surface area contributed by atoms with Gasteiger partial charge >= 0.3 is 12.1 Å². The lowest BCUT2D eigenvalue weighted by Gasteiger charge is -2.31. The topological polar surface area (TPSA) is 47.6 Å². The van der Waals surface area contributed by atoms with Gasteiger partial charge in [-0.25, -0.2) is 22.4 Å². The van der Waals surface area contributed by atoms with Crippen molar-refractivity contribution in [3.05, 3.63) is 101 Å². The van der Waals surface area contributed by atoms with Crippen LogP contribution in [0.25, 0.3) is 6.08 Å². The Morgan fingerprint density at radius 2 is 1.39 bits per heavy atom. The fraction of sp³-hybridized carbons (Fsp3) is 0.160. The number of esters is 1. The van der Waals surface area contributed by atoms with Gasteiger partial charge in [0.25, 0.3) is 0 Å². The molecule has 0 aliphatic carbocycles. The highest BCUT2D eigenvalue weighted by molar-refractivity contribution is 5.90. The fourth-order valence-corrected chi connectivity index (χ4v) is 3.43. The zero-order valence-electron chi connectivity index (χ0n) is 18.7. The smallest absolute Gasteiger partial charge is 0.422 e. The molecule has 36 heavy (non-hydrogen) atoms. The Morgan fingerprint density at radius 1 is 0.833 bits per heavy atom. The second-order valence-electron chi connectivity index (χ2n) is 7.40. The lowest BCUT2D eigenvalue weighted by Crippen LogP contribution is -2.43. The van der Waals surface area contributed by atoms with Crippen LogP contribution in [0.1, 0.15) is 16.7 Å². The number of nitrogens with one attached hydrogen (secondary N) is 1. The third kappa shape index (κ3) is 5.00. The number of alkyl halides is 3. The maximum absolute atomic E-state index is 14.8. The Balaban J connectivity index is 2.30. The van der Waals surface area contributed by atoms with E-state index >= 15 is 0 Å². The molecule has 0 heterocycles. The monoisotopic (exact) mass is 513 g/mol. The second kappa shape index (κ2) is 10.3. The van der Waals surface area contributed by atoms with Gasteiger partial charge in [-0.05, 0) is 29.3 Å². The van der Waals surface area contributed by atoms with Crippen molar-refractivity contribution in [1.82, 2.24) is 0 Å². The Kier molecular flexibility index (Phi) is 7.61. The molecule has 1 atom stereocenters. The van der Waals surface area contributed by atoms with Crippen LogP contribution in [0.5, 0.6) is 5.75 Å². The summed E-state index contributed by atoms with van der Waals surface area (Å²) in [5.74, 6) is -11.0. The molecule has 11 heteroatoms. The van der Waals surface area contributed by atoms with E-state index in [9.17, 15) is 35.5 Å². The van der Waals surface area contributed by atoms with Crippen LogP contribution in [0.15, 0.2) is 60.7 Å². The number of ether oxygens (including phenoxy) is 2. The first-order chi connectivity index (χ1) is 17.0. The molecule has 3 aromatic rings. The van der Waals surface area contributed by atoms with E-state index in [1.165, 1.54) is 37.5 Å². The maximum atomic E-state index is 14.8. The Morgan fingerprint density at radius 3 is 1.86 bits per heavy atom. The predicted molar refractivity (Wildman–Crippen MR) is 117 cm³/mol. The molecular formula is C25H18F7NO3. The first-order valence-corrected chi connectivity index (χ1v) is 10.1. The second-order valence-corrected chi connectivity index (χ2v) is 7.40. The van der Waals surface area contributed by atoms with Crippen molar-refractivity contribution < 1.29 is 45.0 Å². The van der Waals surface area contributed by atoms with Gasteiger partial charge in [-0.3, -0.25) is 0 Å². The van der Waals surface area contributed by atoms with Crippen LogP contribution in [0, 0.1) is 23.3 Å². The molecule has 3 aromatic carbocycles. The molecule has 190 valence electrons. The Labute approximate surface area is 201 Å². The van der Waals surface area contributed by atoms with Gasteiger partial charge in [0.15, 0.2) is 28.8 Å². The van der Waals surface area contributed by atoms with E-state index in [-0.39, 0.29) is 5.56 Å². The van der Waals surface area contributed by atoms with Crippen LogP contribution in [0.3, 0.4) is 0 Å². The minimum Gasteiger partial charge on any atom is -0.497 e. The maximum Gasteiger partial charge on any atom is 0.422 e. The number of halogens is 7. The number of benzene rings is 3. The van der Waals surface area contributed by atoms with Crippen molar-refractivity contribution in [1.29, 1.82) is 0 Å². The van der Waals surface area contributed by atoms with E-state index in [1.54, 1.807) is 30.3 Å². The molecule has 0 radical (unpaired) electrons.